The summed E-state index contributed by atoms with van der Waals surface area (Å²) in [6.07, 6.45) is 0.0445. The van der Waals surface area contributed by atoms with Crippen LogP contribution < -0.4 is 11.1 Å². The number of morpholine rings is 1. The largest absolute Gasteiger partial charge is 0.462 e. The van der Waals surface area contributed by atoms with Gasteiger partial charge in [0.1, 0.15) is 16.9 Å². The second-order valence-electron chi connectivity index (χ2n) is 6.32. The van der Waals surface area contributed by atoms with E-state index < -0.39 is 11.9 Å². The van der Waals surface area contributed by atoms with E-state index in [0.29, 0.717) is 13.1 Å². The van der Waals surface area contributed by atoms with Crippen LogP contribution in [0.3, 0.4) is 0 Å². The Bertz CT molecular complexity index is 689. The molecule has 2 rings (SSSR count). The maximum absolute atomic E-state index is 12.4. The summed E-state index contributed by atoms with van der Waals surface area (Å²) in [6, 6.07) is 0. The third-order valence-electron chi connectivity index (χ3n) is 3.93. The van der Waals surface area contributed by atoms with Crippen molar-refractivity contribution in [2.24, 2.45) is 5.73 Å². The maximum Gasteiger partial charge on any atom is 0.342 e. The highest BCUT2D eigenvalue weighted by Crippen LogP contribution is 2.27. The lowest BCUT2D eigenvalue weighted by Crippen LogP contribution is -2.48. The topological polar surface area (TPSA) is 124 Å². The highest BCUT2D eigenvalue weighted by Gasteiger charge is 2.30. The van der Waals surface area contributed by atoms with Crippen molar-refractivity contribution in [2.75, 3.05) is 31.6 Å². The molecule has 0 spiro atoms. The van der Waals surface area contributed by atoms with Crippen molar-refractivity contribution in [1.29, 1.82) is 0 Å². The van der Waals surface area contributed by atoms with E-state index in [0.717, 1.165) is 0 Å². The molecule has 0 radical (unpaired) electrons. The number of rotatable bonds is 6. The normalized spacial score (nSPS) is 20.6. The van der Waals surface area contributed by atoms with Crippen LogP contribution in [0.15, 0.2) is 4.42 Å². The Labute approximate surface area is 151 Å². The van der Waals surface area contributed by atoms with Crippen molar-refractivity contribution < 1.29 is 28.3 Å². The minimum atomic E-state index is -0.881. The third kappa shape index (κ3) is 4.61. The fourth-order valence-corrected chi connectivity index (χ4v) is 3.10. The molecule has 26 heavy (non-hydrogen) atoms. The average Bonchev–Trinajstić information content (AvgIpc) is 2.82. The van der Waals surface area contributed by atoms with E-state index in [9.17, 15) is 14.4 Å². The number of anilines is 1. The van der Waals surface area contributed by atoms with Crippen LogP contribution in [0.5, 0.6) is 0 Å². The van der Waals surface area contributed by atoms with Crippen molar-refractivity contribution in [3.63, 3.8) is 0 Å². The molecule has 0 aliphatic carbocycles. The molecule has 2 heterocycles. The van der Waals surface area contributed by atoms with Gasteiger partial charge in [0.2, 0.25) is 11.8 Å². The van der Waals surface area contributed by atoms with Crippen molar-refractivity contribution in [2.45, 2.75) is 39.9 Å². The number of esters is 1. The van der Waals surface area contributed by atoms with E-state index in [1.807, 2.05) is 18.7 Å². The van der Waals surface area contributed by atoms with Crippen LogP contribution in [0, 0.1) is 6.92 Å². The molecule has 3 N–H and O–H groups in total. The molecule has 1 aromatic heterocycles. The van der Waals surface area contributed by atoms with E-state index in [1.54, 1.807) is 6.92 Å². The van der Waals surface area contributed by atoms with Gasteiger partial charge in [0.05, 0.1) is 25.4 Å². The number of nitrogens with one attached hydrogen (secondary N) is 1. The van der Waals surface area contributed by atoms with Crippen LogP contribution in [0.4, 0.5) is 5.88 Å². The lowest BCUT2D eigenvalue weighted by molar-refractivity contribution is -0.121. The Hall–Kier alpha value is -2.39. The number of ether oxygens (including phenoxy) is 2. The molecule has 1 aromatic rings. The van der Waals surface area contributed by atoms with Crippen LogP contribution in [-0.2, 0) is 14.3 Å². The number of nitrogens with zero attached hydrogens (tertiary/aromatic N) is 1. The predicted molar refractivity (Wildman–Crippen MR) is 93.0 cm³/mol. The highest BCUT2D eigenvalue weighted by molar-refractivity contribution is 6.10. The van der Waals surface area contributed by atoms with Crippen molar-refractivity contribution in [3.05, 3.63) is 16.9 Å². The minimum Gasteiger partial charge on any atom is -0.462 e. The van der Waals surface area contributed by atoms with Crippen LogP contribution >= 0.6 is 0 Å². The first-order chi connectivity index (χ1) is 12.2. The Morgan fingerprint density at radius 1 is 1.23 bits per heavy atom. The van der Waals surface area contributed by atoms with Gasteiger partial charge in [-0.15, -0.1) is 0 Å². The van der Waals surface area contributed by atoms with E-state index in [-0.39, 0.29) is 54.0 Å². The number of hydrogen-bond donors (Lipinski definition) is 2. The van der Waals surface area contributed by atoms with E-state index in [1.165, 1.54) is 6.92 Å². The zero-order valence-electron chi connectivity index (χ0n) is 15.5. The Morgan fingerprint density at radius 3 is 2.38 bits per heavy atom. The van der Waals surface area contributed by atoms with Crippen molar-refractivity contribution in [3.8, 4) is 0 Å². The van der Waals surface area contributed by atoms with E-state index in [4.69, 9.17) is 19.6 Å². The number of amides is 2. The third-order valence-corrected chi connectivity index (χ3v) is 3.93. The molecule has 0 bridgehead atoms. The number of furan rings is 1. The summed E-state index contributed by atoms with van der Waals surface area (Å²) in [7, 11) is 0. The molecule has 0 saturated carbocycles. The molecule has 9 heteroatoms. The molecule has 2 amide bonds. The summed E-state index contributed by atoms with van der Waals surface area (Å²) in [5, 5.41) is 2.53. The molecule has 1 fully saturated rings. The smallest absolute Gasteiger partial charge is 0.342 e. The van der Waals surface area contributed by atoms with E-state index in [2.05, 4.69) is 5.32 Å². The fourth-order valence-electron chi connectivity index (χ4n) is 3.10. The van der Waals surface area contributed by atoms with Gasteiger partial charge in [-0.05, 0) is 27.7 Å². The molecule has 0 aromatic carbocycles. The fraction of sp³-hybridized carbons (Fsp3) is 0.588. The number of aryl methyl sites for hydroxylation is 1. The zero-order valence-corrected chi connectivity index (χ0v) is 15.5. The van der Waals surface area contributed by atoms with Gasteiger partial charge >= 0.3 is 5.97 Å². The first-order valence-corrected chi connectivity index (χ1v) is 8.50. The average molecular weight is 367 g/mol. The van der Waals surface area contributed by atoms with Gasteiger partial charge in [-0.3, -0.25) is 19.8 Å². The lowest BCUT2D eigenvalue weighted by Gasteiger charge is -2.34. The molecule has 1 saturated heterocycles. The zero-order chi connectivity index (χ0) is 19.4. The second kappa shape index (κ2) is 8.33. The second-order valence-corrected chi connectivity index (χ2v) is 6.32. The summed E-state index contributed by atoms with van der Waals surface area (Å²) in [5.41, 5.74) is 5.13. The van der Waals surface area contributed by atoms with Crippen LogP contribution in [0.2, 0.25) is 0 Å². The van der Waals surface area contributed by atoms with Crippen molar-refractivity contribution >= 4 is 23.7 Å². The first kappa shape index (κ1) is 19.9. The van der Waals surface area contributed by atoms with Gasteiger partial charge in [0.25, 0.3) is 5.91 Å². The number of nitrogens with two attached hydrogens (primary N) is 1. The molecule has 144 valence electrons. The van der Waals surface area contributed by atoms with Gasteiger partial charge in [0.15, 0.2) is 0 Å². The summed E-state index contributed by atoms with van der Waals surface area (Å²) in [5.74, 6) is -1.97. The summed E-state index contributed by atoms with van der Waals surface area (Å²) >= 11 is 0. The van der Waals surface area contributed by atoms with Crippen molar-refractivity contribution in [1.82, 2.24) is 4.90 Å². The summed E-state index contributed by atoms with van der Waals surface area (Å²) < 4.78 is 16.0. The minimum absolute atomic E-state index is 0.0222. The Kier molecular flexibility index (Phi) is 6.38. The monoisotopic (exact) mass is 367 g/mol. The number of primary amides is 1. The van der Waals surface area contributed by atoms with Gasteiger partial charge in [0, 0.05) is 13.1 Å². The first-order valence-electron chi connectivity index (χ1n) is 8.50. The van der Waals surface area contributed by atoms with Crippen LogP contribution in [-0.4, -0.2) is 61.1 Å². The summed E-state index contributed by atoms with van der Waals surface area (Å²) in [4.78, 5) is 38.2. The highest BCUT2D eigenvalue weighted by atomic mass is 16.5. The molecular weight excluding hydrogens is 342 g/mol. The molecule has 1 aliphatic heterocycles. The Balaban J connectivity index is 2.15. The number of carbonyl (C=O) groups is 3. The van der Waals surface area contributed by atoms with Gasteiger partial charge < -0.3 is 19.6 Å². The quantitative estimate of drug-likeness (QED) is 0.716. The lowest BCUT2D eigenvalue weighted by atomic mass is 10.1. The number of carbonyl (C=O) groups excluding carboxylic acids is 3. The van der Waals surface area contributed by atoms with Gasteiger partial charge in [-0.1, -0.05) is 0 Å². The molecule has 1 aliphatic rings. The van der Waals surface area contributed by atoms with E-state index >= 15 is 0 Å². The SMILES string of the molecule is CCOC(=O)c1c(C)oc(NC(=O)CN2C[C@@H](C)O[C@H](C)C2)c1C(N)=O. The maximum atomic E-state index is 12.4. The van der Waals surface area contributed by atoms with Gasteiger partial charge in [-0.2, -0.15) is 0 Å². The molecule has 0 unspecified atom stereocenters. The molecular formula is C17H25N3O6. The molecule has 2 atom stereocenters. The number of hydrogen-bond acceptors (Lipinski definition) is 7. The van der Waals surface area contributed by atoms with Gasteiger partial charge in [-0.25, -0.2) is 4.79 Å². The summed E-state index contributed by atoms with van der Waals surface area (Å²) in [6.45, 7) is 8.49. The Morgan fingerprint density at radius 2 is 1.85 bits per heavy atom. The standard InChI is InChI=1S/C17H25N3O6/c1-5-24-17(23)13-11(4)26-16(14(13)15(18)22)19-12(21)8-20-6-9(2)25-10(3)7-20/h9-10H,5-8H2,1-4H3,(H2,18,22)(H,19,21)/t9-,10-/m1/s1. The predicted octanol–water partition coefficient (Wildman–Crippen LogP) is 0.911. The van der Waals surface area contributed by atoms with Crippen LogP contribution in [0.25, 0.3) is 0 Å². The van der Waals surface area contributed by atoms with Crippen LogP contribution in [0.1, 0.15) is 47.2 Å². The molecule has 9 nitrogen and oxygen atoms in total.